The molecule has 0 amide bonds. The molecule has 0 saturated heterocycles. The van der Waals surface area contributed by atoms with Crippen LogP contribution in [-0.4, -0.2) is 55.5 Å². The molecule has 2 aliphatic carbocycles. The predicted molar refractivity (Wildman–Crippen MR) is 41.6 cm³/mol. The number of hydrogen-bond donors (Lipinski definition) is 5. The van der Waals surface area contributed by atoms with Gasteiger partial charge in [0.05, 0.1) is 18.3 Å². The smallest absolute Gasteiger partial charge is 0.127 e. The Kier molecular flexibility index (Phi) is 1.75. The molecular weight excluding hydrogens is 176 g/mol. The first-order valence-electron chi connectivity index (χ1n) is 4.37. The lowest BCUT2D eigenvalue weighted by molar-refractivity contribution is -0.282. The monoisotopic (exact) mass is 190 g/mol. The first-order valence-corrected chi connectivity index (χ1v) is 4.37. The van der Waals surface area contributed by atoms with Crippen molar-refractivity contribution < 1.29 is 25.5 Å². The first kappa shape index (κ1) is 9.36. The highest BCUT2D eigenvalue weighted by atomic mass is 16.4. The third-order valence-electron chi connectivity index (χ3n) is 3.58. The van der Waals surface area contributed by atoms with Crippen LogP contribution in [0.2, 0.25) is 0 Å². The molecule has 0 aromatic rings. The second kappa shape index (κ2) is 2.43. The molecule has 0 spiro atoms. The van der Waals surface area contributed by atoms with Crippen LogP contribution in [0.4, 0.5) is 0 Å². The fourth-order valence-electron chi connectivity index (χ4n) is 2.60. The van der Waals surface area contributed by atoms with Gasteiger partial charge in [0.15, 0.2) is 0 Å². The average Bonchev–Trinajstić information content (AvgIpc) is 2.27. The molecular formula is C8H14O5. The molecule has 5 N–H and O–H groups in total. The number of hydrogen-bond acceptors (Lipinski definition) is 5. The van der Waals surface area contributed by atoms with Gasteiger partial charge in [0, 0.05) is 11.8 Å². The molecule has 2 fully saturated rings. The van der Waals surface area contributed by atoms with Crippen molar-refractivity contribution in [1.29, 1.82) is 0 Å². The van der Waals surface area contributed by atoms with E-state index in [0.717, 1.165) is 0 Å². The van der Waals surface area contributed by atoms with Crippen molar-refractivity contribution in [1.82, 2.24) is 0 Å². The number of aliphatic hydroxyl groups is 5. The topological polar surface area (TPSA) is 101 Å². The van der Waals surface area contributed by atoms with Gasteiger partial charge < -0.3 is 25.5 Å². The van der Waals surface area contributed by atoms with Crippen molar-refractivity contribution in [2.45, 2.75) is 36.9 Å². The van der Waals surface area contributed by atoms with Crippen LogP contribution in [0.1, 0.15) is 6.92 Å². The van der Waals surface area contributed by atoms with Crippen molar-refractivity contribution in [3.05, 3.63) is 0 Å². The zero-order valence-electron chi connectivity index (χ0n) is 7.20. The lowest BCUT2D eigenvalue weighted by atomic mass is 9.65. The van der Waals surface area contributed by atoms with E-state index in [1.54, 1.807) is 6.92 Å². The largest absolute Gasteiger partial charge is 0.392 e. The van der Waals surface area contributed by atoms with E-state index in [1.807, 2.05) is 0 Å². The summed E-state index contributed by atoms with van der Waals surface area (Å²) in [6.07, 6.45) is -4.63. The van der Waals surface area contributed by atoms with Gasteiger partial charge >= 0.3 is 0 Å². The molecule has 2 saturated carbocycles. The number of aliphatic hydroxyl groups excluding tert-OH is 4. The number of fused-ring (bicyclic) bond motifs is 1. The highest BCUT2D eigenvalue weighted by Crippen LogP contribution is 2.52. The van der Waals surface area contributed by atoms with E-state index in [4.69, 9.17) is 0 Å². The summed E-state index contributed by atoms with van der Waals surface area (Å²) in [7, 11) is 0. The van der Waals surface area contributed by atoms with Crippen molar-refractivity contribution in [2.24, 2.45) is 11.8 Å². The molecule has 0 bridgehead atoms. The highest BCUT2D eigenvalue weighted by molar-refractivity contribution is 5.22. The van der Waals surface area contributed by atoms with Gasteiger partial charge in [-0.05, 0) is 0 Å². The molecule has 13 heavy (non-hydrogen) atoms. The maximum atomic E-state index is 9.78. The van der Waals surface area contributed by atoms with Crippen LogP contribution in [0.5, 0.6) is 0 Å². The predicted octanol–water partition coefficient (Wildman–Crippen LogP) is -2.56. The standard InChI is InChI=1S/C8H14O5/c1-2-4(9)3-5(10)7(12)8(3,13)6(2)11/h2-7,9-13H,1H3. The molecule has 2 aliphatic rings. The second-order valence-electron chi connectivity index (χ2n) is 4.14. The first-order chi connectivity index (χ1) is 5.92. The summed E-state index contributed by atoms with van der Waals surface area (Å²) < 4.78 is 0. The van der Waals surface area contributed by atoms with Crippen LogP contribution >= 0.6 is 0 Å². The Balaban J connectivity index is 2.32. The lowest BCUT2D eigenvalue weighted by Crippen LogP contribution is -2.72. The van der Waals surface area contributed by atoms with Crippen LogP contribution in [0.25, 0.3) is 0 Å². The third kappa shape index (κ3) is 0.793. The van der Waals surface area contributed by atoms with Crippen LogP contribution in [0.15, 0.2) is 0 Å². The van der Waals surface area contributed by atoms with E-state index in [2.05, 4.69) is 0 Å². The average molecular weight is 190 g/mol. The van der Waals surface area contributed by atoms with Gasteiger partial charge in [0.25, 0.3) is 0 Å². The zero-order chi connectivity index (χ0) is 9.96. The Morgan fingerprint density at radius 1 is 0.923 bits per heavy atom. The van der Waals surface area contributed by atoms with Crippen LogP contribution in [0, 0.1) is 11.8 Å². The van der Waals surface area contributed by atoms with E-state index in [0.29, 0.717) is 0 Å². The van der Waals surface area contributed by atoms with Gasteiger partial charge in [-0.1, -0.05) is 6.92 Å². The fraction of sp³-hybridized carbons (Fsp3) is 1.00. The molecule has 0 heterocycles. The molecule has 76 valence electrons. The SMILES string of the molecule is CC1C(O)C2C(O)C(O)C2(O)C1O. The molecule has 7 atom stereocenters. The van der Waals surface area contributed by atoms with Gasteiger partial charge in [-0.15, -0.1) is 0 Å². The maximum absolute atomic E-state index is 9.78. The minimum absolute atomic E-state index is 0.526. The van der Waals surface area contributed by atoms with Crippen molar-refractivity contribution in [3.63, 3.8) is 0 Å². The Bertz CT molecular complexity index is 233. The van der Waals surface area contributed by atoms with Gasteiger partial charge in [-0.25, -0.2) is 0 Å². The fourth-order valence-corrected chi connectivity index (χ4v) is 2.60. The van der Waals surface area contributed by atoms with Crippen molar-refractivity contribution in [3.8, 4) is 0 Å². The van der Waals surface area contributed by atoms with Gasteiger partial charge in [0.1, 0.15) is 11.7 Å². The zero-order valence-corrected chi connectivity index (χ0v) is 7.20. The van der Waals surface area contributed by atoms with E-state index in [1.165, 1.54) is 0 Å². The Hall–Kier alpha value is -0.200. The van der Waals surface area contributed by atoms with Gasteiger partial charge in [0.2, 0.25) is 0 Å². The summed E-state index contributed by atoms with van der Waals surface area (Å²) in [6.45, 7) is 1.57. The quantitative estimate of drug-likeness (QED) is 0.289. The molecule has 5 heteroatoms. The summed E-state index contributed by atoms with van der Waals surface area (Å²) in [5, 5.41) is 47.4. The molecule has 5 nitrogen and oxygen atoms in total. The highest BCUT2D eigenvalue weighted by Gasteiger charge is 2.72. The van der Waals surface area contributed by atoms with Crippen LogP contribution < -0.4 is 0 Å². The van der Waals surface area contributed by atoms with Gasteiger partial charge in [-0.2, -0.15) is 0 Å². The summed E-state index contributed by atoms with van der Waals surface area (Å²) in [5.74, 6) is -1.35. The molecule has 0 aliphatic heterocycles. The van der Waals surface area contributed by atoms with Gasteiger partial charge in [-0.3, -0.25) is 0 Å². The molecule has 0 radical (unpaired) electrons. The summed E-state index contributed by atoms with van der Waals surface area (Å²) in [4.78, 5) is 0. The van der Waals surface area contributed by atoms with E-state index in [-0.39, 0.29) is 0 Å². The Labute approximate surface area is 75.3 Å². The second-order valence-corrected chi connectivity index (χ2v) is 4.14. The van der Waals surface area contributed by atoms with Crippen LogP contribution in [-0.2, 0) is 0 Å². The Morgan fingerprint density at radius 3 is 1.92 bits per heavy atom. The third-order valence-corrected chi connectivity index (χ3v) is 3.58. The van der Waals surface area contributed by atoms with E-state index >= 15 is 0 Å². The van der Waals surface area contributed by atoms with E-state index in [9.17, 15) is 25.5 Å². The molecule has 0 aromatic heterocycles. The number of rotatable bonds is 0. The Morgan fingerprint density at radius 2 is 1.46 bits per heavy atom. The summed E-state index contributed by atoms with van der Waals surface area (Å²) in [5.41, 5.74) is -1.72. The minimum Gasteiger partial charge on any atom is -0.392 e. The van der Waals surface area contributed by atoms with Crippen LogP contribution in [0.3, 0.4) is 0 Å². The summed E-state index contributed by atoms with van der Waals surface area (Å²) >= 11 is 0. The molecule has 2 rings (SSSR count). The minimum atomic E-state index is -1.72. The van der Waals surface area contributed by atoms with E-state index < -0.39 is 41.9 Å². The van der Waals surface area contributed by atoms with Crippen molar-refractivity contribution >= 4 is 0 Å². The summed E-state index contributed by atoms with van der Waals surface area (Å²) in [6, 6.07) is 0. The normalized spacial score (nSPS) is 66.0. The van der Waals surface area contributed by atoms with Crippen molar-refractivity contribution in [2.75, 3.05) is 0 Å². The molecule has 0 aromatic carbocycles. The lowest BCUT2D eigenvalue weighted by Gasteiger charge is -2.51. The maximum Gasteiger partial charge on any atom is 0.127 e. The molecule has 7 unspecified atom stereocenters.